The number of nitrogens with two attached hydrogens (primary N) is 3. The molecule has 0 heterocycles. The van der Waals surface area contributed by atoms with Crippen molar-refractivity contribution in [2.45, 2.75) is 62.7 Å². The Labute approximate surface area is 208 Å². The van der Waals surface area contributed by atoms with Crippen molar-refractivity contribution in [3.63, 3.8) is 0 Å². The summed E-state index contributed by atoms with van der Waals surface area (Å²) in [5.41, 5.74) is 16.5. The Balaban J connectivity index is 5.38. The van der Waals surface area contributed by atoms with E-state index < -0.39 is 60.2 Å². The van der Waals surface area contributed by atoms with Crippen LogP contribution in [0.4, 0.5) is 0 Å². The molecule has 12 nitrogen and oxygen atoms in total. The molecule has 0 aliphatic rings. The predicted molar refractivity (Wildman–Crippen MR) is 134 cm³/mol. The van der Waals surface area contributed by atoms with Gasteiger partial charge in [0.25, 0.3) is 0 Å². The lowest BCUT2D eigenvalue weighted by molar-refractivity contribution is -0.142. The fraction of sp³-hybridized carbons (Fsp3) is 0.750. The molecule has 0 aromatic carbocycles. The zero-order valence-electron chi connectivity index (χ0n) is 19.7. The van der Waals surface area contributed by atoms with Gasteiger partial charge in [-0.15, -0.1) is 0 Å². The normalized spacial score (nSPS) is 14.4. The molecular weight excluding hydrogens is 484 g/mol. The second kappa shape index (κ2) is 18.3. The van der Waals surface area contributed by atoms with Gasteiger partial charge in [-0.1, -0.05) is 0 Å². The second-order valence-corrected chi connectivity index (χ2v) is 9.62. The second-order valence-electron chi connectivity index (χ2n) is 7.65. The van der Waals surface area contributed by atoms with Crippen LogP contribution in [0.25, 0.3) is 0 Å². The van der Waals surface area contributed by atoms with Gasteiger partial charge in [0.15, 0.2) is 0 Å². The van der Waals surface area contributed by atoms with Gasteiger partial charge in [0.2, 0.25) is 23.6 Å². The summed E-state index contributed by atoms with van der Waals surface area (Å²) >= 11 is 2.94. The molecule has 4 unspecified atom stereocenters. The quantitative estimate of drug-likeness (QED) is 0.0959. The van der Waals surface area contributed by atoms with E-state index >= 15 is 0 Å². The van der Waals surface area contributed by atoms with Gasteiger partial charge in [0.1, 0.15) is 18.1 Å². The number of thioether (sulfide) groups is 2. The third-order valence-corrected chi connectivity index (χ3v) is 6.10. The molecule has 0 fully saturated rings. The van der Waals surface area contributed by atoms with Crippen molar-refractivity contribution < 1.29 is 29.1 Å². The monoisotopic (exact) mass is 522 g/mol. The van der Waals surface area contributed by atoms with Gasteiger partial charge in [-0.3, -0.25) is 19.2 Å². The van der Waals surface area contributed by atoms with E-state index in [-0.39, 0.29) is 12.8 Å². The Hall–Kier alpha value is -2.03. The van der Waals surface area contributed by atoms with Crippen molar-refractivity contribution in [3.8, 4) is 0 Å². The average Bonchev–Trinajstić information content (AvgIpc) is 2.78. The molecule has 0 aliphatic carbocycles. The largest absolute Gasteiger partial charge is 0.480 e. The highest BCUT2D eigenvalue weighted by atomic mass is 32.2. The molecule has 0 saturated heterocycles. The van der Waals surface area contributed by atoms with Crippen molar-refractivity contribution >= 4 is 53.1 Å². The maximum atomic E-state index is 12.9. The molecule has 0 bridgehead atoms. The maximum Gasteiger partial charge on any atom is 0.326 e. The van der Waals surface area contributed by atoms with Gasteiger partial charge in [-0.05, 0) is 62.7 Å². The Morgan fingerprint density at radius 2 is 1.32 bits per heavy atom. The van der Waals surface area contributed by atoms with Crippen molar-refractivity contribution in [2.24, 2.45) is 17.2 Å². The third kappa shape index (κ3) is 13.6. The summed E-state index contributed by atoms with van der Waals surface area (Å²) in [6.45, 7) is 0.403. The number of aliphatic carboxylic acids is 1. The van der Waals surface area contributed by atoms with E-state index in [1.165, 1.54) is 23.5 Å². The maximum absolute atomic E-state index is 12.9. The van der Waals surface area contributed by atoms with Gasteiger partial charge < -0.3 is 38.3 Å². The number of nitrogens with one attached hydrogen (secondary N) is 3. The topological polar surface area (TPSA) is 220 Å². The minimum Gasteiger partial charge on any atom is -0.480 e. The highest BCUT2D eigenvalue weighted by Crippen LogP contribution is 2.07. The number of rotatable bonds is 19. The first kappa shape index (κ1) is 32.0. The van der Waals surface area contributed by atoms with Crippen LogP contribution in [0, 0.1) is 0 Å². The average molecular weight is 523 g/mol. The molecule has 0 saturated carbocycles. The number of primary amides is 1. The fourth-order valence-corrected chi connectivity index (χ4v) is 3.83. The van der Waals surface area contributed by atoms with Gasteiger partial charge in [0, 0.05) is 0 Å². The lowest BCUT2D eigenvalue weighted by Gasteiger charge is -2.24. The van der Waals surface area contributed by atoms with E-state index in [1.807, 2.05) is 12.5 Å². The number of carboxylic acids is 1. The minimum atomic E-state index is -1.32. The number of hydrogen-bond donors (Lipinski definition) is 7. The number of carbonyl (C=O) groups excluding carboxylic acids is 4. The third-order valence-electron chi connectivity index (χ3n) is 4.81. The Morgan fingerprint density at radius 1 is 0.794 bits per heavy atom. The summed E-state index contributed by atoms with van der Waals surface area (Å²) in [6, 6.07) is -4.41. The molecule has 0 aromatic rings. The molecule has 196 valence electrons. The lowest BCUT2D eigenvalue weighted by atomic mass is 10.1. The Kier molecular flexibility index (Phi) is 17.2. The Morgan fingerprint density at radius 3 is 1.85 bits per heavy atom. The zero-order valence-corrected chi connectivity index (χ0v) is 21.3. The van der Waals surface area contributed by atoms with E-state index in [4.69, 9.17) is 17.2 Å². The number of carboxylic acid groups (broad SMARTS) is 1. The summed E-state index contributed by atoms with van der Waals surface area (Å²) in [5.74, 6) is -2.98. The van der Waals surface area contributed by atoms with Crippen LogP contribution in [0.3, 0.4) is 0 Å². The molecule has 14 heteroatoms. The minimum absolute atomic E-state index is 0.190. The Bertz CT molecular complexity index is 684. The molecule has 0 rings (SSSR count). The highest BCUT2D eigenvalue weighted by Gasteiger charge is 2.30. The van der Waals surface area contributed by atoms with E-state index in [0.717, 1.165) is 0 Å². The number of hydrogen-bond acceptors (Lipinski definition) is 9. The van der Waals surface area contributed by atoms with Gasteiger partial charge in [-0.2, -0.15) is 23.5 Å². The first-order valence-electron chi connectivity index (χ1n) is 10.9. The molecular formula is C20H38N6O6S2. The van der Waals surface area contributed by atoms with Crippen LogP contribution in [0.5, 0.6) is 0 Å². The summed E-state index contributed by atoms with van der Waals surface area (Å²) in [5, 5.41) is 16.8. The molecule has 0 radical (unpaired) electrons. The molecule has 10 N–H and O–H groups in total. The number of amides is 4. The van der Waals surface area contributed by atoms with Crippen LogP contribution in [0.1, 0.15) is 38.5 Å². The molecule has 4 atom stereocenters. The van der Waals surface area contributed by atoms with Crippen molar-refractivity contribution in [2.75, 3.05) is 30.6 Å². The summed E-state index contributed by atoms with van der Waals surface area (Å²) in [6.07, 6.45) is 5.08. The molecule has 0 aliphatic heterocycles. The summed E-state index contributed by atoms with van der Waals surface area (Å²) in [4.78, 5) is 61.0. The lowest BCUT2D eigenvalue weighted by Crippen LogP contribution is -2.57. The van der Waals surface area contributed by atoms with Gasteiger partial charge >= 0.3 is 5.97 Å². The number of carbonyl (C=O) groups is 5. The van der Waals surface area contributed by atoms with Crippen LogP contribution in [-0.4, -0.2) is 89.4 Å². The van der Waals surface area contributed by atoms with Crippen molar-refractivity contribution in [1.29, 1.82) is 0 Å². The first-order chi connectivity index (χ1) is 16.1. The van der Waals surface area contributed by atoms with E-state index in [2.05, 4.69) is 16.0 Å². The van der Waals surface area contributed by atoms with E-state index in [9.17, 15) is 29.1 Å². The molecule has 4 amide bonds. The van der Waals surface area contributed by atoms with Gasteiger partial charge in [-0.25, -0.2) is 4.79 Å². The van der Waals surface area contributed by atoms with Crippen molar-refractivity contribution in [3.05, 3.63) is 0 Å². The summed E-state index contributed by atoms with van der Waals surface area (Å²) < 4.78 is 0. The van der Waals surface area contributed by atoms with Crippen LogP contribution in [0.2, 0.25) is 0 Å². The van der Waals surface area contributed by atoms with Crippen molar-refractivity contribution in [1.82, 2.24) is 16.0 Å². The van der Waals surface area contributed by atoms with Crippen LogP contribution < -0.4 is 33.2 Å². The summed E-state index contributed by atoms with van der Waals surface area (Å²) in [7, 11) is 0. The molecule has 0 aromatic heterocycles. The van der Waals surface area contributed by atoms with Crippen LogP contribution in [-0.2, 0) is 24.0 Å². The van der Waals surface area contributed by atoms with E-state index in [1.54, 1.807) is 0 Å². The van der Waals surface area contributed by atoms with Gasteiger partial charge in [0.05, 0.1) is 12.5 Å². The number of unbranched alkanes of at least 4 members (excludes halogenated alkanes) is 1. The smallest absolute Gasteiger partial charge is 0.326 e. The molecule has 34 heavy (non-hydrogen) atoms. The van der Waals surface area contributed by atoms with E-state index in [0.29, 0.717) is 37.3 Å². The zero-order chi connectivity index (χ0) is 26.1. The van der Waals surface area contributed by atoms with Crippen LogP contribution in [0.15, 0.2) is 0 Å². The highest BCUT2D eigenvalue weighted by molar-refractivity contribution is 7.98. The van der Waals surface area contributed by atoms with Crippen LogP contribution >= 0.6 is 23.5 Å². The first-order valence-corrected chi connectivity index (χ1v) is 13.7. The SMILES string of the molecule is CSCCC(N)C(=O)NC(CC(N)=O)C(=O)NC(CCSC)C(=O)NC(CCCCN)C(=O)O. The predicted octanol–water partition coefficient (Wildman–Crippen LogP) is -1.64. The standard InChI is InChI=1S/C20H38N6O6S2/c1-33-9-6-12(22)17(28)26-15(11-16(23)27)19(30)24-13(7-10-34-2)18(29)25-14(20(31)32)5-3-4-8-21/h12-15H,3-11,21-22H2,1-2H3,(H2,23,27)(H,24,30)(H,25,29)(H,26,28)(H,31,32). The molecule has 0 spiro atoms. The fourth-order valence-electron chi connectivity index (χ4n) is 2.86.